The summed E-state index contributed by atoms with van der Waals surface area (Å²) in [5, 5.41) is 9.90. The lowest BCUT2D eigenvalue weighted by Crippen LogP contribution is -2.35. The maximum atomic E-state index is 11.2. The molecule has 6 nitrogen and oxygen atoms in total. The number of halogens is 1. The first kappa shape index (κ1) is 23.5. The summed E-state index contributed by atoms with van der Waals surface area (Å²) in [6.07, 6.45) is 1.36. The van der Waals surface area contributed by atoms with E-state index in [4.69, 9.17) is 25.8 Å². The zero-order valence-electron chi connectivity index (χ0n) is 19.6. The van der Waals surface area contributed by atoms with E-state index in [0.29, 0.717) is 31.1 Å². The molecule has 0 amide bonds. The summed E-state index contributed by atoms with van der Waals surface area (Å²) in [4.78, 5) is 13.5. The lowest BCUT2D eigenvalue weighted by molar-refractivity contribution is -0.143. The number of carboxylic acids is 1. The second-order valence-corrected chi connectivity index (χ2v) is 9.32. The summed E-state index contributed by atoms with van der Waals surface area (Å²) in [7, 11) is 1.67. The van der Waals surface area contributed by atoms with Crippen LogP contribution in [-0.2, 0) is 11.3 Å². The minimum atomic E-state index is -0.693. The quantitative estimate of drug-likeness (QED) is 0.471. The summed E-state index contributed by atoms with van der Waals surface area (Å²) in [6, 6.07) is 18.1. The summed E-state index contributed by atoms with van der Waals surface area (Å²) in [6.45, 7) is 3.35. The Bertz CT molecular complexity index is 1240. The molecule has 2 heterocycles. The number of fused-ring (bicyclic) bond motifs is 1. The van der Waals surface area contributed by atoms with Crippen LogP contribution in [0.25, 0.3) is 22.3 Å². The van der Waals surface area contributed by atoms with Crippen LogP contribution in [0.1, 0.15) is 18.4 Å². The second kappa shape index (κ2) is 10.2. The minimum absolute atomic E-state index is 0.237. The molecule has 1 fully saturated rings. The molecule has 182 valence electrons. The van der Waals surface area contributed by atoms with Crippen LogP contribution in [0.2, 0.25) is 5.02 Å². The number of hydrogen-bond acceptors (Lipinski definition) is 5. The van der Waals surface area contributed by atoms with Crippen molar-refractivity contribution in [1.82, 2.24) is 4.90 Å². The number of carboxylic acid groups (broad SMARTS) is 1. The summed E-state index contributed by atoms with van der Waals surface area (Å²) in [5.41, 5.74) is 4.86. The van der Waals surface area contributed by atoms with Crippen LogP contribution < -0.4 is 14.2 Å². The molecule has 35 heavy (non-hydrogen) atoms. The third kappa shape index (κ3) is 4.95. The number of rotatable bonds is 6. The fourth-order valence-corrected chi connectivity index (χ4v) is 5.15. The number of aliphatic carboxylic acids is 1. The Morgan fingerprint density at radius 3 is 2.34 bits per heavy atom. The van der Waals surface area contributed by atoms with Crippen molar-refractivity contribution in [2.75, 3.05) is 33.4 Å². The van der Waals surface area contributed by atoms with Gasteiger partial charge in [-0.1, -0.05) is 48.0 Å². The van der Waals surface area contributed by atoms with Gasteiger partial charge in [0.25, 0.3) is 0 Å². The largest absolute Gasteiger partial charge is 0.496 e. The van der Waals surface area contributed by atoms with E-state index in [1.807, 2.05) is 42.5 Å². The van der Waals surface area contributed by atoms with E-state index in [1.54, 1.807) is 7.11 Å². The van der Waals surface area contributed by atoms with Gasteiger partial charge in [0.2, 0.25) is 0 Å². The Balaban J connectivity index is 1.39. The van der Waals surface area contributed by atoms with Crippen molar-refractivity contribution in [3.8, 4) is 39.5 Å². The number of nitrogens with zero attached hydrogens (tertiary/aromatic N) is 1. The van der Waals surface area contributed by atoms with Crippen LogP contribution in [0.3, 0.4) is 0 Å². The molecule has 0 saturated carbocycles. The molecule has 0 spiro atoms. The lowest BCUT2D eigenvalue weighted by Gasteiger charge is -2.30. The highest BCUT2D eigenvalue weighted by Gasteiger charge is 2.25. The van der Waals surface area contributed by atoms with Crippen molar-refractivity contribution in [2.24, 2.45) is 5.92 Å². The van der Waals surface area contributed by atoms with Gasteiger partial charge in [-0.3, -0.25) is 9.69 Å². The molecular formula is C28H28ClNO5. The van der Waals surface area contributed by atoms with Gasteiger partial charge in [-0.05, 0) is 55.3 Å². The zero-order valence-corrected chi connectivity index (χ0v) is 20.4. The number of hydrogen-bond donors (Lipinski definition) is 1. The first-order valence-corrected chi connectivity index (χ1v) is 12.2. The standard InChI is InChI=1S/C28H28ClNO5/c1-33-25-15-19(5-6-21(25)17-30-11-9-18(10-12-30)28(31)32)22-3-2-4-23(27(22)29)20-7-8-24-26(16-20)35-14-13-34-24/h2-8,15-16,18H,9-14,17H2,1H3,(H,31,32). The van der Waals surface area contributed by atoms with Gasteiger partial charge in [-0.15, -0.1) is 0 Å². The second-order valence-electron chi connectivity index (χ2n) is 8.94. The number of likely N-dealkylation sites (tertiary alicyclic amines) is 1. The van der Waals surface area contributed by atoms with E-state index in [-0.39, 0.29) is 5.92 Å². The Morgan fingerprint density at radius 2 is 1.66 bits per heavy atom. The van der Waals surface area contributed by atoms with Gasteiger partial charge in [-0.25, -0.2) is 0 Å². The van der Waals surface area contributed by atoms with Crippen LogP contribution >= 0.6 is 11.6 Å². The number of ether oxygens (including phenoxy) is 3. The van der Waals surface area contributed by atoms with Crippen LogP contribution in [0, 0.1) is 5.92 Å². The minimum Gasteiger partial charge on any atom is -0.496 e. The molecule has 5 rings (SSSR count). The molecule has 3 aromatic carbocycles. The smallest absolute Gasteiger partial charge is 0.306 e. The van der Waals surface area contributed by atoms with Gasteiger partial charge in [-0.2, -0.15) is 0 Å². The molecule has 0 bridgehead atoms. The normalized spacial score (nSPS) is 16.2. The first-order chi connectivity index (χ1) is 17.0. The fourth-order valence-electron chi connectivity index (χ4n) is 4.81. The number of carbonyl (C=O) groups is 1. The van der Waals surface area contributed by atoms with E-state index in [0.717, 1.165) is 64.7 Å². The van der Waals surface area contributed by atoms with Gasteiger partial charge in [0.05, 0.1) is 18.1 Å². The molecule has 1 N–H and O–H groups in total. The van der Waals surface area contributed by atoms with Crippen molar-refractivity contribution in [3.63, 3.8) is 0 Å². The third-order valence-corrected chi connectivity index (χ3v) is 7.19. The Morgan fingerprint density at radius 1 is 1.00 bits per heavy atom. The Kier molecular flexibility index (Phi) is 6.84. The SMILES string of the molecule is COc1cc(-c2cccc(-c3ccc4c(c3)OCCO4)c2Cl)ccc1CN1CCC(C(=O)O)CC1. The van der Waals surface area contributed by atoms with Crippen molar-refractivity contribution < 1.29 is 24.1 Å². The van der Waals surface area contributed by atoms with E-state index >= 15 is 0 Å². The average molecular weight is 494 g/mol. The van der Waals surface area contributed by atoms with Gasteiger partial charge >= 0.3 is 5.97 Å². The Labute approximate surface area is 210 Å². The maximum absolute atomic E-state index is 11.2. The predicted octanol–water partition coefficient (Wildman–Crippen LogP) is 5.75. The first-order valence-electron chi connectivity index (χ1n) is 11.8. The molecule has 0 atom stereocenters. The molecule has 0 aromatic heterocycles. The summed E-state index contributed by atoms with van der Waals surface area (Å²) < 4.78 is 17.1. The summed E-state index contributed by atoms with van der Waals surface area (Å²) >= 11 is 6.92. The molecule has 3 aromatic rings. The highest BCUT2D eigenvalue weighted by molar-refractivity contribution is 6.36. The fraction of sp³-hybridized carbons (Fsp3) is 0.321. The van der Waals surface area contributed by atoms with Crippen molar-refractivity contribution >= 4 is 17.6 Å². The van der Waals surface area contributed by atoms with Crippen molar-refractivity contribution in [2.45, 2.75) is 19.4 Å². The number of methoxy groups -OCH3 is 1. The zero-order chi connectivity index (χ0) is 24.4. The molecule has 0 radical (unpaired) electrons. The van der Waals surface area contributed by atoms with Crippen molar-refractivity contribution in [3.05, 3.63) is 65.2 Å². The molecule has 7 heteroatoms. The molecule has 0 aliphatic carbocycles. The van der Waals surface area contributed by atoms with Crippen LogP contribution in [0.4, 0.5) is 0 Å². The van der Waals surface area contributed by atoms with E-state index in [1.165, 1.54) is 0 Å². The van der Waals surface area contributed by atoms with Crippen LogP contribution in [0.5, 0.6) is 17.2 Å². The van der Waals surface area contributed by atoms with Crippen LogP contribution in [0.15, 0.2) is 54.6 Å². The molecule has 2 aliphatic heterocycles. The van der Waals surface area contributed by atoms with Gasteiger partial charge < -0.3 is 19.3 Å². The number of piperidine rings is 1. The van der Waals surface area contributed by atoms with Crippen LogP contribution in [-0.4, -0.2) is 49.4 Å². The topological polar surface area (TPSA) is 68.2 Å². The predicted molar refractivity (Wildman–Crippen MR) is 136 cm³/mol. The molecule has 1 saturated heterocycles. The Hall–Kier alpha value is -3.22. The van der Waals surface area contributed by atoms with Gasteiger partial charge in [0.1, 0.15) is 19.0 Å². The molecule has 0 unspecified atom stereocenters. The maximum Gasteiger partial charge on any atom is 0.306 e. The van der Waals surface area contributed by atoms with E-state index < -0.39 is 5.97 Å². The molecular weight excluding hydrogens is 466 g/mol. The average Bonchev–Trinajstić information content (AvgIpc) is 2.89. The van der Waals surface area contributed by atoms with Crippen molar-refractivity contribution in [1.29, 1.82) is 0 Å². The summed E-state index contributed by atoms with van der Waals surface area (Å²) in [5.74, 6) is 1.35. The highest BCUT2D eigenvalue weighted by atomic mass is 35.5. The lowest BCUT2D eigenvalue weighted by atomic mass is 9.95. The third-order valence-electron chi connectivity index (χ3n) is 6.78. The van der Waals surface area contributed by atoms with Gasteiger partial charge in [0, 0.05) is 23.2 Å². The molecule has 2 aliphatic rings. The van der Waals surface area contributed by atoms with E-state index in [9.17, 15) is 9.90 Å². The monoisotopic (exact) mass is 493 g/mol. The highest BCUT2D eigenvalue weighted by Crippen LogP contribution is 2.41. The number of benzene rings is 3. The van der Waals surface area contributed by atoms with Gasteiger partial charge in [0.15, 0.2) is 11.5 Å². The van der Waals surface area contributed by atoms with E-state index in [2.05, 4.69) is 17.0 Å².